The van der Waals surface area contributed by atoms with Crippen LogP contribution in [0.2, 0.25) is 0 Å². The first kappa shape index (κ1) is 13.4. The van der Waals surface area contributed by atoms with Crippen LogP contribution in [0.1, 0.15) is 53.4 Å². The Morgan fingerprint density at radius 1 is 0.647 bits per heavy atom. The summed E-state index contributed by atoms with van der Waals surface area (Å²) in [6.45, 7) is 15.8. The van der Waals surface area contributed by atoms with Gasteiger partial charge in [0.2, 0.25) is 0 Å². The van der Waals surface area contributed by atoms with Gasteiger partial charge in [-0.1, -0.05) is 27.7 Å². The van der Waals surface area contributed by atoms with E-state index in [0.717, 1.165) is 23.7 Å². The molecule has 1 heteroatoms. The number of hydrogen-bond acceptors (Lipinski definition) is 0. The molecular weight excluding hydrogens is 206 g/mol. The van der Waals surface area contributed by atoms with Crippen molar-refractivity contribution in [2.45, 2.75) is 53.4 Å². The summed E-state index contributed by atoms with van der Waals surface area (Å²) in [5.41, 5.74) is 0. The van der Waals surface area contributed by atoms with Crippen molar-refractivity contribution in [2.75, 3.05) is 26.2 Å². The van der Waals surface area contributed by atoms with Crippen LogP contribution < -0.4 is 0 Å². The van der Waals surface area contributed by atoms with Crippen LogP contribution in [0, 0.1) is 23.7 Å². The van der Waals surface area contributed by atoms with Gasteiger partial charge >= 0.3 is 0 Å². The maximum absolute atomic E-state index is 2.50. The summed E-state index contributed by atoms with van der Waals surface area (Å²) in [6, 6.07) is 0. The molecule has 2 rings (SSSR count). The van der Waals surface area contributed by atoms with Crippen molar-refractivity contribution < 1.29 is 4.48 Å². The van der Waals surface area contributed by atoms with Crippen molar-refractivity contribution in [2.24, 2.45) is 23.7 Å². The smallest absolute Gasteiger partial charge is 0.0815 e. The van der Waals surface area contributed by atoms with Crippen LogP contribution in [0.3, 0.4) is 0 Å². The molecule has 1 spiro atoms. The Morgan fingerprint density at radius 2 is 1.06 bits per heavy atom. The molecule has 2 heterocycles. The Balaban J connectivity index is 2.16. The van der Waals surface area contributed by atoms with Gasteiger partial charge in [0.05, 0.1) is 26.2 Å². The molecule has 1 nitrogen and oxygen atoms in total. The molecule has 0 aromatic heterocycles. The third kappa shape index (κ3) is 2.86. The monoisotopic (exact) mass is 238 g/mol. The fourth-order valence-corrected chi connectivity index (χ4v) is 4.39. The second-order valence-electron chi connectivity index (χ2n) is 7.24. The SMILES string of the molecule is CC1C[N+]2(CCCCCC2)CC(C)C(C)C1C. The van der Waals surface area contributed by atoms with E-state index in [4.69, 9.17) is 0 Å². The van der Waals surface area contributed by atoms with Gasteiger partial charge in [0.1, 0.15) is 0 Å². The highest BCUT2D eigenvalue weighted by molar-refractivity contribution is 4.77. The average Bonchev–Trinajstić information content (AvgIpc) is 2.55. The number of hydrogen-bond donors (Lipinski definition) is 0. The maximum Gasteiger partial charge on any atom is 0.0815 e. The van der Waals surface area contributed by atoms with Crippen molar-refractivity contribution in [3.8, 4) is 0 Å². The van der Waals surface area contributed by atoms with Gasteiger partial charge in [-0.2, -0.15) is 0 Å². The van der Waals surface area contributed by atoms with E-state index in [1.807, 2.05) is 0 Å². The van der Waals surface area contributed by atoms with Crippen LogP contribution in [0.15, 0.2) is 0 Å². The van der Waals surface area contributed by atoms with Crippen molar-refractivity contribution in [1.82, 2.24) is 0 Å². The zero-order valence-corrected chi connectivity index (χ0v) is 12.4. The van der Waals surface area contributed by atoms with Crippen molar-refractivity contribution in [1.29, 1.82) is 0 Å². The fourth-order valence-electron chi connectivity index (χ4n) is 4.39. The fraction of sp³-hybridized carbons (Fsp3) is 1.00. The second kappa shape index (κ2) is 5.30. The van der Waals surface area contributed by atoms with Crippen molar-refractivity contribution in [3.63, 3.8) is 0 Å². The van der Waals surface area contributed by atoms with Crippen LogP contribution in [-0.4, -0.2) is 30.7 Å². The maximum atomic E-state index is 2.50. The molecule has 17 heavy (non-hydrogen) atoms. The summed E-state index contributed by atoms with van der Waals surface area (Å²) in [4.78, 5) is 0. The molecule has 0 amide bonds. The first-order valence-corrected chi connectivity index (χ1v) is 7.89. The molecule has 0 bridgehead atoms. The summed E-state index contributed by atoms with van der Waals surface area (Å²) in [6.07, 6.45) is 5.91. The molecule has 2 fully saturated rings. The summed E-state index contributed by atoms with van der Waals surface area (Å²) < 4.78 is 1.46. The summed E-state index contributed by atoms with van der Waals surface area (Å²) in [5, 5.41) is 0. The lowest BCUT2D eigenvalue weighted by atomic mass is 9.80. The predicted molar refractivity (Wildman–Crippen MR) is 74.9 cm³/mol. The highest BCUT2D eigenvalue weighted by Gasteiger charge is 2.40. The quantitative estimate of drug-likeness (QED) is 0.561. The highest BCUT2D eigenvalue weighted by Crippen LogP contribution is 2.36. The zero-order chi connectivity index (χ0) is 12.5. The van der Waals surface area contributed by atoms with Gasteiger partial charge in [-0.3, -0.25) is 0 Å². The van der Waals surface area contributed by atoms with E-state index in [1.165, 1.54) is 56.3 Å². The molecule has 0 aromatic rings. The first-order valence-electron chi connectivity index (χ1n) is 7.89. The van der Waals surface area contributed by atoms with E-state index in [1.54, 1.807) is 0 Å². The van der Waals surface area contributed by atoms with Crippen LogP contribution in [0.25, 0.3) is 0 Å². The van der Waals surface area contributed by atoms with E-state index in [0.29, 0.717) is 0 Å². The summed E-state index contributed by atoms with van der Waals surface area (Å²) >= 11 is 0. The van der Waals surface area contributed by atoms with Gasteiger partial charge in [-0.15, -0.1) is 0 Å². The second-order valence-corrected chi connectivity index (χ2v) is 7.24. The molecule has 2 aliphatic heterocycles. The van der Waals surface area contributed by atoms with Crippen LogP contribution >= 0.6 is 0 Å². The normalized spacial score (nSPS) is 43.1. The Bertz CT molecular complexity index is 222. The molecule has 100 valence electrons. The molecule has 0 N–H and O–H groups in total. The van der Waals surface area contributed by atoms with E-state index in [2.05, 4.69) is 27.7 Å². The Hall–Kier alpha value is -0.0400. The Kier molecular flexibility index (Phi) is 4.18. The minimum absolute atomic E-state index is 0.908. The minimum Gasteiger partial charge on any atom is -0.323 e. The molecule has 4 unspecified atom stereocenters. The molecular formula is C16H32N+. The molecule has 0 saturated carbocycles. The van der Waals surface area contributed by atoms with Gasteiger partial charge in [-0.25, -0.2) is 0 Å². The van der Waals surface area contributed by atoms with Crippen molar-refractivity contribution in [3.05, 3.63) is 0 Å². The third-order valence-electron chi connectivity index (χ3n) is 5.99. The van der Waals surface area contributed by atoms with Crippen LogP contribution in [-0.2, 0) is 0 Å². The first-order chi connectivity index (χ1) is 8.04. The third-order valence-corrected chi connectivity index (χ3v) is 5.99. The van der Waals surface area contributed by atoms with Gasteiger partial charge in [0.25, 0.3) is 0 Å². The Morgan fingerprint density at radius 3 is 1.47 bits per heavy atom. The minimum atomic E-state index is 0.908. The van der Waals surface area contributed by atoms with E-state index >= 15 is 0 Å². The van der Waals surface area contributed by atoms with Gasteiger partial charge in [-0.05, 0) is 37.5 Å². The average molecular weight is 238 g/mol. The highest BCUT2D eigenvalue weighted by atomic mass is 15.4. The molecule has 0 aliphatic carbocycles. The lowest BCUT2D eigenvalue weighted by Crippen LogP contribution is -2.52. The molecule has 0 aromatic carbocycles. The Labute approximate surface area is 108 Å². The lowest BCUT2D eigenvalue weighted by molar-refractivity contribution is -0.932. The summed E-state index contributed by atoms with van der Waals surface area (Å²) in [5.74, 6) is 3.64. The molecule has 4 atom stereocenters. The molecule has 0 radical (unpaired) electrons. The number of rotatable bonds is 0. The zero-order valence-electron chi connectivity index (χ0n) is 12.4. The van der Waals surface area contributed by atoms with E-state index < -0.39 is 0 Å². The van der Waals surface area contributed by atoms with Gasteiger partial charge in [0, 0.05) is 11.8 Å². The predicted octanol–water partition coefficient (Wildman–Crippen LogP) is 3.94. The van der Waals surface area contributed by atoms with Crippen LogP contribution in [0.4, 0.5) is 0 Å². The number of quaternary nitrogens is 1. The van der Waals surface area contributed by atoms with Gasteiger partial charge < -0.3 is 4.48 Å². The van der Waals surface area contributed by atoms with Crippen LogP contribution in [0.5, 0.6) is 0 Å². The lowest BCUT2D eigenvalue weighted by Gasteiger charge is -2.39. The van der Waals surface area contributed by atoms with Gasteiger partial charge in [0.15, 0.2) is 0 Å². The summed E-state index contributed by atoms with van der Waals surface area (Å²) in [7, 11) is 0. The van der Waals surface area contributed by atoms with E-state index in [9.17, 15) is 0 Å². The van der Waals surface area contributed by atoms with E-state index in [-0.39, 0.29) is 0 Å². The number of nitrogens with zero attached hydrogens (tertiary/aromatic N) is 1. The standard InChI is InChI=1S/C16H32N/c1-13-11-17(9-7-5-6-8-10-17)12-14(2)16(4)15(13)3/h13-16H,5-12H2,1-4H3/q+1. The largest absolute Gasteiger partial charge is 0.323 e. The topological polar surface area (TPSA) is 0 Å². The van der Waals surface area contributed by atoms with Crippen molar-refractivity contribution >= 4 is 0 Å². The molecule has 2 aliphatic rings. The molecule has 2 saturated heterocycles.